The molecule has 0 saturated carbocycles. The molecule has 0 saturated heterocycles. The van der Waals surface area contributed by atoms with Gasteiger partial charge in [0, 0.05) is 0 Å². The van der Waals surface area contributed by atoms with Gasteiger partial charge in [-0.1, -0.05) is 12.1 Å². The Morgan fingerprint density at radius 3 is 2.63 bits per heavy atom. The van der Waals surface area contributed by atoms with Crippen molar-refractivity contribution in [1.29, 1.82) is 0 Å². The molecule has 0 spiro atoms. The van der Waals surface area contributed by atoms with Crippen LogP contribution in [0, 0.1) is 17.0 Å². The van der Waals surface area contributed by atoms with Crippen molar-refractivity contribution in [3.63, 3.8) is 0 Å². The Labute approximate surface area is 118 Å². The third-order valence-electron chi connectivity index (χ3n) is 2.52. The van der Waals surface area contributed by atoms with Crippen molar-refractivity contribution in [2.24, 2.45) is 0 Å². The third-order valence-corrected chi connectivity index (χ3v) is 3.14. The second kappa shape index (κ2) is 5.27. The van der Waals surface area contributed by atoms with Gasteiger partial charge in [0.15, 0.2) is 0 Å². The average molecular weight is 323 g/mol. The second-order valence-corrected chi connectivity index (χ2v) is 4.84. The number of nitro groups is 1. The van der Waals surface area contributed by atoms with Crippen LogP contribution >= 0.6 is 15.9 Å². The predicted octanol–water partition coefficient (Wildman–Crippen LogP) is 4.04. The molecule has 0 unspecified atom stereocenters. The maximum absolute atomic E-state index is 11.0. The highest BCUT2D eigenvalue weighted by Gasteiger charge is 2.20. The summed E-state index contributed by atoms with van der Waals surface area (Å²) in [4.78, 5) is 10.5. The predicted molar refractivity (Wildman–Crippen MR) is 76.5 cm³/mol. The van der Waals surface area contributed by atoms with Crippen molar-refractivity contribution < 1.29 is 9.66 Å². The van der Waals surface area contributed by atoms with E-state index in [1.807, 2.05) is 19.1 Å². The molecule has 98 valence electrons. The molecule has 0 aromatic heterocycles. The number of rotatable bonds is 3. The minimum atomic E-state index is -0.549. The lowest BCUT2D eigenvalue weighted by Crippen LogP contribution is -1.98. The molecule has 0 atom stereocenters. The number of hydrogen-bond donors (Lipinski definition) is 1. The first-order valence-electron chi connectivity index (χ1n) is 5.46. The summed E-state index contributed by atoms with van der Waals surface area (Å²) in [6.45, 7) is 1.94. The first-order valence-corrected chi connectivity index (χ1v) is 6.25. The minimum absolute atomic E-state index is 0.0748. The van der Waals surface area contributed by atoms with E-state index in [1.54, 1.807) is 12.1 Å². The van der Waals surface area contributed by atoms with Crippen molar-refractivity contribution in [3.05, 3.63) is 56.5 Å². The lowest BCUT2D eigenvalue weighted by atomic mass is 10.2. The van der Waals surface area contributed by atoms with Gasteiger partial charge in [0.25, 0.3) is 0 Å². The number of nitrogens with zero attached hydrogens (tertiary/aromatic N) is 1. The molecule has 0 heterocycles. The molecule has 2 aromatic rings. The van der Waals surface area contributed by atoms with Crippen LogP contribution < -0.4 is 10.5 Å². The highest BCUT2D eigenvalue weighted by molar-refractivity contribution is 9.10. The van der Waals surface area contributed by atoms with Gasteiger partial charge in [0.05, 0.1) is 9.40 Å². The molecule has 19 heavy (non-hydrogen) atoms. The number of nitro benzene ring substituents is 1. The molecule has 6 heteroatoms. The summed E-state index contributed by atoms with van der Waals surface area (Å²) in [6.07, 6.45) is 0. The van der Waals surface area contributed by atoms with Crippen LogP contribution in [0.2, 0.25) is 0 Å². The molecule has 0 aliphatic heterocycles. The minimum Gasteiger partial charge on any atom is -0.449 e. The normalized spacial score (nSPS) is 10.2. The van der Waals surface area contributed by atoms with Gasteiger partial charge < -0.3 is 10.5 Å². The monoisotopic (exact) mass is 322 g/mol. The van der Waals surface area contributed by atoms with Crippen LogP contribution in [0.4, 0.5) is 11.4 Å². The van der Waals surface area contributed by atoms with E-state index >= 15 is 0 Å². The molecule has 0 aliphatic carbocycles. The maximum atomic E-state index is 11.0. The van der Waals surface area contributed by atoms with Gasteiger partial charge in [-0.05, 0) is 52.7 Å². The van der Waals surface area contributed by atoms with Gasteiger partial charge in [-0.3, -0.25) is 10.1 Å². The number of benzene rings is 2. The third kappa shape index (κ3) is 2.85. The van der Waals surface area contributed by atoms with Gasteiger partial charge in [0.2, 0.25) is 5.75 Å². The number of anilines is 1. The number of aryl methyl sites for hydroxylation is 1. The summed E-state index contributed by atoms with van der Waals surface area (Å²) in [5, 5.41) is 11.0. The number of ether oxygens (including phenoxy) is 1. The maximum Gasteiger partial charge on any atom is 0.334 e. The van der Waals surface area contributed by atoms with Gasteiger partial charge in [0.1, 0.15) is 11.4 Å². The van der Waals surface area contributed by atoms with E-state index in [4.69, 9.17) is 10.5 Å². The molecule has 0 aliphatic rings. The molecule has 0 fully saturated rings. The Morgan fingerprint density at radius 1 is 1.26 bits per heavy atom. The van der Waals surface area contributed by atoms with E-state index in [0.717, 1.165) is 10.0 Å². The highest BCUT2D eigenvalue weighted by Crippen LogP contribution is 2.38. The van der Waals surface area contributed by atoms with Crippen LogP contribution in [0.5, 0.6) is 11.5 Å². The van der Waals surface area contributed by atoms with Gasteiger partial charge in [-0.25, -0.2) is 0 Å². The number of hydrogen-bond acceptors (Lipinski definition) is 4. The lowest BCUT2D eigenvalue weighted by Gasteiger charge is -2.09. The Kier molecular flexibility index (Phi) is 3.71. The number of para-hydroxylation sites is 1. The summed E-state index contributed by atoms with van der Waals surface area (Å²) < 4.78 is 6.29. The summed E-state index contributed by atoms with van der Waals surface area (Å²) in [5.41, 5.74) is 6.51. The van der Waals surface area contributed by atoms with Crippen molar-refractivity contribution in [2.45, 2.75) is 6.92 Å². The Morgan fingerprint density at radius 2 is 2.00 bits per heavy atom. The van der Waals surface area contributed by atoms with E-state index in [1.165, 1.54) is 12.1 Å². The molecular weight excluding hydrogens is 312 g/mol. The zero-order chi connectivity index (χ0) is 14.0. The average Bonchev–Trinajstić information content (AvgIpc) is 2.32. The van der Waals surface area contributed by atoms with E-state index in [2.05, 4.69) is 15.9 Å². The van der Waals surface area contributed by atoms with Crippen LogP contribution in [0.15, 0.2) is 40.9 Å². The molecule has 2 N–H and O–H groups in total. The SMILES string of the molecule is Cc1ccc(Oc2cccc(N)c2[N+](=O)[O-])c(Br)c1. The summed E-state index contributed by atoms with van der Waals surface area (Å²) in [7, 11) is 0. The van der Waals surface area contributed by atoms with Gasteiger partial charge in [-0.2, -0.15) is 0 Å². The van der Waals surface area contributed by atoms with Crippen molar-refractivity contribution >= 4 is 27.3 Å². The topological polar surface area (TPSA) is 78.4 Å². The molecule has 2 rings (SSSR count). The molecule has 2 aromatic carbocycles. The fourth-order valence-corrected chi connectivity index (χ4v) is 2.20. The zero-order valence-electron chi connectivity index (χ0n) is 10.1. The largest absolute Gasteiger partial charge is 0.449 e. The fourth-order valence-electron chi connectivity index (χ4n) is 1.62. The van der Waals surface area contributed by atoms with Crippen LogP contribution in [0.1, 0.15) is 5.56 Å². The summed E-state index contributed by atoms with van der Waals surface area (Å²) in [5.74, 6) is 0.619. The quantitative estimate of drug-likeness (QED) is 0.525. The summed E-state index contributed by atoms with van der Waals surface area (Å²) >= 11 is 3.36. The first-order chi connectivity index (χ1) is 8.99. The van der Waals surface area contributed by atoms with Crippen molar-refractivity contribution in [3.8, 4) is 11.5 Å². The van der Waals surface area contributed by atoms with Crippen LogP contribution in [0.3, 0.4) is 0 Å². The fraction of sp³-hybridized carbons (Fsp3) is 0.0769. The molecule has 0 radical (unpaired) electrons. The highest BCUT2D eigenvalue weighted by atomic mass is 79.9. The lowest BCUT2D eigenvalue weighted by molar-refractivity contribution is -0.384. The van der Waals surface area contributed by atoms with Crippen molar-refractivity contribution in [2.75, 3.05) is 5.73 Å². The standard InChI is InChI=1S/C13H11BrN2O3/c1-8-5-6-11(9(14)7-8)19-12-4-2-3-10(15)13(12)16(17)18/h2-7H,15H2,1H3. The van der Waals surface area contributed by atoms with E-state index in [9.17, 15) is 10.1 Å². The molecule has 0 bridgehead atoms. The van der Waals surface area contributed by atoms with Crippen LogP contribution in [-0.2, 0) is 0 Å². The Balaban J connectivity index is 2.44. The van der Waals surface area contributed by atoms with Crippen LogP contribution in [0.25, 0.3) is 0 Å². The van der Waals surface area contributed by atoms with Crippen molar-refractivity contribution in [1.82, 2.24) is 0 Å². The van der Waals surface area contributed by atoms with E-state index in [0.29, 0.717) is 5.75 Å². The molecule has 5 nitrogen and oxygen atoms in total. The van der Waals surface area contributed by atoms with Crippen LogP contribution in [-0.4, -0.2) is 4.92 Å². The number of nitrogens with two attached hydrogens (primary N) is 1. The van der Waals surface area contributed by atoms with E-state index < -0.39 is 4.92 Å². The summed E-state index contributed by atoms with van der Waals surface area (Å²) in [6, 6.07) is 10.1. The van der Waals surface area contributed by atoms with Gasteiger partial charge >= 0.3 is 5.69 Å². The number of nitrogen functional groups attached to an aromatic ring is 1. The first kappa shape index (κ1) is 13.4. The van der Waals surface area contributed by atoms with Gasteiger partial charge in [-0.15, -0.1) is 0 Å². The number of halogens is 1. The molecule has 0 amide bonds. The second-order valence-electron chi connectivity index (χ2n) is 3.99. The smallest absolute Gasteiger partial charge is 0.334 e. The molecular formula is C13H11BrN2O3. The van der Waals surface area contributed by atoms with E-state index in [-0.39, 0.29) is 17.1 Å². The Hall–Kier alpha value is -2.08. The Bertz CT molecular complexity index is 644. The zero-order valence-corrected chi connectivity index (χ0v) is 11.7.